The molecule has 108 valence electrons. The molecule has 0 amide bonds. The molecule has 1 aromatic heterocycles. The number of hydrogen-bond donors (Lipinski definition) is 2. The summed E-state index contributed by atoms with van der Waals surface area (Å²) in [4.78, 5) is 1.26. The van der Waals surface area contributed by atoms with Gasteiger partial charge in [0.2, 0.25) is 10.0 Å². The van der Waals surface area contributed by atoms with Crippen molar-refractivity contribution in [3.63, 3.8) is 0 Å². The first-order valence-electron chi connectivity index (χ1n) is 6.91. The predicted molar refractivity (Wildman–Crippen MR) is 78.6 cm³/mol. The zero-order valence-electron chi connectivity index (χ0n) is 11.1. The Balaban J connectivity index is 2.02. The van der Waals surface area contributed by atoms with Crippen molar-refractivity contribution in [2.75, 3.05) is 0 Å². The molecule has 0 saturated heterocycles. The highest BCUT2D eigenvalue weighted by molar-refractivity contribution is 7.89. The average molecular weight is 302 g/mol. The number of nitrogens with two attached hydrogens (primary N) is 1. The van der Waals surface area contributed by atoms with E-state index < -0.39 is 10.0 Å². The van der Waals surface area contributed by atoms with Gasteiger partial charge in [-0.2, -0.15) is 0 Å². The average Bonchev–Trinajstić information content (AvgIpc) is 2.82. The van der Waals surface area contributed by atoms with Crippen LogP contribution in [0.15, 0.2) is 16.3 Å². The first kappa shape index (κ1) is 15.0. The molecule has 2 rings (SSSR count). The van der Waals surface area contributed by atoms with E-state index in [1.807, 2.05) is 0 Å². The largest absolute Gasteiger partial charge is 0.326 e. The molecule has 1 aromatic rings. The maximum Gasteiger partial charge on any atom is 0.241 e. The monoisotopic (exact) mass is 302 g/mol. The second-order valence-corrected chi connectivity index (χ2v) is 7.83. The SMILES string of the molecule is NCc1cc(S(=O)(=O)NC2CCCCCCC2)cs1. The molecule has 0 bridgehead atoms. The zero-order chi connectivity index (χ0) is 13.7. The Morgan fingerprint density at radius 3 is 2.42 bits per heavy atom. The van der Waals surface area contributed by atoms with Crippen LogP contribution in [0.2, 0.25) is 0 Å². The van der Waals surface area contributed by atoms with Crippen LogP contribution in [0.4, 0.5) is 0 Å². The first-order chi connectivity index (χ1) is 9.12. The van der Waals surface area contributed by atoms with E-state index in [2.05, 4.69) is 4.72 Å². The topological polar surface area (TPSA) is 72.2 Å². The highest BCUT2D eigenvalue weighted by Crippen LogP contribution is 2.22. The molecule has 1 fully saturated rings. The molecule has 3 N–H and O–H groups in total. The highest BCUT2D eigenvalue weighted by Gasteiger charge is 2.21. The van der Waals surface area contributed by atoms with Crippen LogP contribution in [-0.2, 0) is 16.6 Å². The van der Waals surface area contributed by atoms with Crippen molar-refractivity contribution >= 4 is 21.4 Å². The highest BCUT2D eigenvalue weighted by atomic mass is 32.2. The Morgan fingerprint density at radius 2 is 1.84 bits per heavy atom. The van der Waals surface area contributed by atoms with E-state index in [1.54, 1.807) is 11.4 Å². The zero-order valence-corrected chi connectivity index (χ0v) is 12.7. The van der Waals surface area contributed by atoms with E-state index in [9.17, 15) is 8.42 Å². The van der Waals surface area contributed by atoms with Crippen LogP contribution in [0.5, 0.6) is 0 Å². The van der Waals surface area contributed by atoms with Gasteiger partial charge < -0.3 is 5.73 Å². The minimum Gasteiger partial charge on any atom is -0.326 e. The van der Waals surface area contributed by atoms with E-state index >= 15 is 0 Å². The summed E-state index contributed by atoms with van der Waals surface area (Å²) >= 11 is 1.40. The fourth-order valence-electron chi connectivity index (χ4n) is 2.47. The third kappa shape index (κ3) is 4.27. The molecule has 0 aliphatic heterocycles. The van der Waals surface area contributed by atoms with Crippen LogP contribution in [-0.4, -0.2) is 14.5 Å². The van der Waals surface area contributed by atoms with Gasteiger partial charge in [0.05, 0.1) is 4.90 Å². The van der Waals surface area contributed by atoms with Crippen LogP contribution >= 0.6 is 11.3 Å². The van der Waals surface area contributed by atoms with Gasteiger partial charge in [-0.25, -0.2) is 13.1 Å². The third-order valence-electron chi connectivity index (χ3n) is 3.57. The molecule has 1 saturated carbocycles. The van der Waals surface area contributed by atoms with Gasteiger partial charge in [0, 0.05) is 22.8 Å². The van der Waals surface area contributed by atoms with Gasteiger partial charge in [0.25, 0.3) is 0 Å². The van der Waals surface area contributed by atoms with Gasteiger partial charge >= 0.3 is 0 Å². The molecule has 1 aliphatic rings. The Hall–Kier alpha value is -0.430. The maximum atomic E-state index is 12.3. The lowest BCUT2D eigenvalue weighted by molar-refractivity contribution is 0.426. The van der Waals surface area contributed by atoms with Crippen LogP contribution in [0.1, 0.15) is 49.8 Å². The minimum absolute atomic E-state index is 0.0894. The second kappa shape index (κ2) is 6.83. The van der Waals surface area contributed by atoms with Crippen molar-refractivity contribution in [2.24, 2.45) is 5.73 Å². The van der Waals surface area contributed by atoms with Gasteiger partial charge in [-0.05, 0) is 18.9 Å². The fraction of sp³-hybridized carbons (Fsp3) is 0.692. The molecule has 0 radical (unpaired) electrons. The Kier molecular flexibility index (Phi) is 5.38. The third-order valence-corrected chi connectivity index (χ3v) is 6.18. The smallest absolute Gasteiger partial charge is 0.241 e. The summed E-state index contributed by atoms with van der Waals surface area (Å²) in [7, 11) is -3.37. The number of nitrogens with one attached hydrogen (secondary N) is 1. The molecule has 0 spiro atoms. The van der Waals surface area contributed by atoms with Crippen molar-refractivity contribution in [1.29, 1.82) is 0 Å². The van der Waals surface area contributed by atoms with Gasteiger partial charge in [-0.1, -0.05) is 32.1 Å². The van der Waals surface area contributed by atoms with E-state index in [4.69, 9.17) is 5.73 Å². The van der Waals surface area contributed by atoms with Crippen molar-refractivity contribution in [2.45, 2.75) is 62.4 Å². The Labute approximate surface area is 119 Å². The summed E-state index contributed by atoms with van der Waals surface area (Å²) in [5.74, 6) is 0. The summed E-state index contributed by atoms with van der Waals surface area (Å²) in [5.41, 5.74) is 5.52. The Bertz CT molecular complexity index is 488. The number of hydrogen-bond acceptors (Lipinski definition) is 4. The lowest BCUT2D eigenvalue weighted by Gasteiger charge is -2.20. The molecule has 0 atom stereocenters. The quantitative estimate of drug-likeness (QED) is 0.898. The van der Waals surface area contributed by atoms with E-state index in [0.29, 0.717) is 11.4 Å². The molecular weight excluding hydrogens is 280 g/mol. The van der Waals surface area contributed by atoms with Gasteiger partial charge in [-0.15, -0.1) is 11.3 Å². The molecule has 1 heterocycles. The van der Waals surface area contributed by atoms with Crippen LogP contribution in [0.25, 0.3) is 0 Å². The summed E-state index contributed by atoms with van der Waals surface area (Å²) in [5, 5.41) is 1.67. The molecule has 1 aliphatic carbocycles. The van der Waals surface area contributed by atoms with Gasteiger partial charge in [0.15, 0.2) is 0 Å². The molecular formula is C13H22N2O2S2. The van der Waals surface area contributed by atoms with E-state index in [0.717, 1.165) is 30.6 Å². The fourth-order valence-corrected chi connectivity index (χ4v) is 4.93. The van der Waals surface area contributed by atoms with Crippen molar-refractivity contribution in [3.8, 4) is 0 Å². The number of sulfonamides is 1. The lowest BCUT2D eigenvalue weighted by atomic mass is 9.97. The van der Waals surface area contributed by atoms with Crippen molar-refractivity contribution in [1.82, 2.24) is 4.72 Å². The second-order valence-electron chi connectivity index (χ2n) is 5.12. The lowest BCUT2D eigenvalue weighted by Crippen LogP contribution is -2.35. The van der Waals surface area contributed by atoms with Crippen molar-refractivity contribution in [3.05, 3.63) is 16.3 Å². The minimum atomic E-state index is -3.37. The summed E-state index contributed by atoms with van der Waals surface area (Å²) in [6.07, 6.45) is 7.85. The summed E-state index contributed by atoms with van der Waals surface area (Å²) in [6, 6.07) is 1.77. The predicted octanol–water partition coefficient (Wildman–Crippen LogP) is 2.60. The maximum absolute atomic E-state index is 12.3. The van der Waals surface area contributed by atoms with E-state index in [1.165, 1.54) is 30.6 Å². The van der Waals surface area contributed by atoms with Gasteiger partial charge in [-0.3, -0.25) is 0 Å². The van der Waals surface area contributed by atoms with Crippen molar-refractivity contribution < 1.29 is 8.42 Å². The molecule has 0 aromatic carbocycles. The summed E-state index contributed by atoms with van der Waals surface area (Å²) in [6.45, 7) is 0.392. The van der Waals surface area contributed by atoms with Crippen LogP contribution in [0.3, 0.4) is 0 Å². The molecule has 0 unspecified atom stereocenters. The van der Waals surface area contributed by atoms with Gasteiger partial charge in [0.1, 0.15) is 0 Å². The standard InChI is InChI=1S/C13H22N2O2S2/c14-9-12-8-13(10-18-12)19(16,17)15-11-6-4-2-1-3-5-7-11/h8,10-11,15H,1-7,9,14H2. The van der Waals surface area contributed by atoms with E-state index in [-0.39, 0.29) is 6.04 Å². The van der Waals surface area contributed by atoms with Crippen LogP contribution in [0, 0.1) is 0 Å². The molecule has 6 heteroatoms. The number of rotatable bonds is 4. The first-order valence-corrected chi connectivity index (χ1v) is 9.28. The van der Waals surface area contributed by atoms with Crippen LogP contribution < -0.4 is 10.5 Å². The molecule has 4 nitrogen and oxygen atoms in total. The normalized spacial score (nSPS) is 19.0. The number of thiophene rings is 1. The molecule has 19 heavy (non-hydrogen) atoms. The Morgan fingerprint density at radius 1 is 1.21 bits per heavy atom. The summed E-state index contributed by atoms with van der Waals surface area (Å²) < 4.78 is 27.4.